The molecule has 0 saturated heterocycles. The van der Waals surface area contributed by atoms with Crippen LogP contribution in [0.1, 0.15) is 55.9 Å². The molecule has 27 heavy (non-hydrogen) atoms. The zero-order valence-electron chi connectivity index (χ0n) is 16.0. The first-order chi connectivity index (χ1) is 13.0. The van der Waals surface area contributed by atoms with Gasteiger partial charge in [0.25, 0.3) is 0 Å². The molecule has 4 N–H and O–H groups in total. The molecular formula is C19H28N6O2. The number of rotatable bonds is 7. The van der Waals surface area contributed by atoms with Gasteiger partial charge in [-0.05, 0) is 44.7 Å². The van der Waals surface area contributed by atoms with Gasteiger partial charge in [0.1, 0.15) is 5.82 Å². The number of hydrogen-bond donors (Lipinski definition) is 2. The number of carbonyl (C=O) groups excluding carboxylic acids is 1. The van der Waals surface area contributed by atoms with E-state index in [2.05, 4.69) is 22.0 Å². The Bertz CT molecular complexity index is 790. The second-order valence-electron chi connectivity index (χ2n) is 7.16. The van der Waals surface area contributed by atoms with Crippen molar-refractivity contribution >= 4 is 5.91 Å². The van der Waals surface area contributed by atoms with Crippen LogP contribution >= 0.6 is 0 Å². The molecule has 1 aliphatic rings. The summed E-state index contributed by atoms with van der Waals surface area (Å²) in [5, 5.41) is 4.51. The van der Waals surface area contributed by atoms with E-state index in [1.165, 1.54) is 0 Å². The van der Waals surface area contributed by atoms with Gasteiger partial charge in [0, 0.05) is 24.3 Å². The number of amides is 1. The van der Waals surface area contributed by atoms with Gasteiger partial charge in [-0.2, -0.15) is 4.68 Å². The smallest absolute Gasteiger partial charge is 0.225 e. The zero-order chi connectivity index (χ0) is 19.4. The van der Waals surface area contributed by atoms with Gasteiger partial charge in [-0.1, -0.05) is 13.0 Å². The van der Waals surface area contributed by atoms with Crippen molar-refractivity contribution in [1.82, 2.24) is 19.7 Å². The predicted octanol–water partition coefficient (Wildman–Crippen LogP) is 1.39. The molecule has 0 spiro atoms. The molecule has 1 amide bonds. The summed E-state index contributed by atoms with van der Waals surface area (Å²) in [6, 6.07) is 5.78. The lowest BCUT2D eigenvalue weighted by molar-refractivity contribution is -0.117. The second-order valence-corrected chi connectivity index (χ2v) is 7.16. The number of nitrogens with zero attached hydrogens (tertiary/aromatic N) is 4. The molecule has 0 bridgehead atoms. The number of aromatic nitrogens is 4. The van der Waals surface area contributed by atoms with Crippen LogP contribution in [0.2, 0.25) is 0 Å². The predicted molar refractivity (Wildman–Crippen MR) is 101 cm³/mol. The summed E-state index contributed by atoms with van der Waals surface area (Å²) in [6.45, 7) is 4.71. The fourth-order valence-electron chi connectivity index (χ4n) is 3.53. The summed E-state index contributed by atoms with van der Waals surface area (Å²) in [6.07, 6.45) is 3.50. The van der Waals surface area contributed by atoms with Crippen molar-refractivity contribution in [1.29, 1.82) is 0 Å². The Kier molecular flexibility index (Phi) is 6.18. The van der Waals surface area contributed by atoms with Crippen LogP contribution in [-0.2, 0) is 16.0 Å². The summed E-state index contributed by atoms with van der Waals surface area (Å²) in [7, 11) is 0. The van der Waals surface area contributed by atoms with E-state index in [9.17, 15) is 4.79 Å². The molecule has 1 aliphatic carbocycles. The summed E-state index contributed by atoms with van der Waals surface area (Å²) in [4.78, 5) is 20.5. The number of primary amides is 1. The van der Waals surface area contributed by atoms with Gasteiger partial charge in [-0.15, -0.1) is 5.10 Å². The number of carbonyl (C=O) groups is 1. The van der Waals surface area contributed by atoms with Gasteiger partial charge in [-0.25, -0.2) is 9.97 Å². The normalized spacial score (nSPS) is 22.7. The minimum absolute atomic E-state index is 0.00101. The fraction of sp³-hybridized carbons (Fsp3) is 0.579. The van der Waals surface area contributed by atoms with Crippen LogP contribution in [0, 0.1) is 6.92 Å². The third-order valence-electron chi connectivity index (χ3n) is 4.84. The van der Waals surface area contributed by atoms with Crippen molar-refractivity contribution in [2.45, 2.75) is 64.0 Å². The van der Waals surface area contributed by atoms with Crippen molar-refractivity contribution in [2.24, 2.45) is 11.5 Å². The van der Waals surface area contributed by atoms with Crippen LogP contribution in [0.3, 0.4) is 0 Å². The highest BCUT2D eigenvalue weighted by Crippen LogP contribution is 2.34. The standard InChI is InChI=1S/C19H28N6O2/c1-3-9-27-15-10-13(7-8-14(15)20)19-23-17(11-16(21)26)24-25(19)18-6-4-5-12(2)22-18/h4-6,13-15H,3,7-11,20H2,1-2H3,(H2,21,26)/t13-,14-,15-/m0/s1. The molecule has 3 atom stereocenters. The van der Waals surface area contributed by atoms with E-state index in [1.54, 1.807) is 4.68 Å². The van der Waals surface area contributed by atoms with E-state index in [-0.39, 0.29) is 24.5 Å². The maximum Gasteiger partial charge on any atom is 0.225 e. The van der Waals surface area contributed by atoms with E-state index in [0.717, 1.165) is 37.2 Å². The van der Waals surface area contributed by atoms with Gasteiger partial charge in [0.2, 0.25) is 5.91 Å². The summed E-state index contributed by atoms with van der Waals surface area (Å²) < 4.78 is 7.70. The Balaban J connectivity index is 1.93. The van der Waals surface area contributed by atoms with Crippen molar-refractivity contribution in [3.05, 3.63) is 35.5 Å². The van der Waals surface area contributed by atoms with Crippen molar-refractivity contribution in [3.8, 4) is 5.82 Å². The Morgan fingerprint density at radius 3 is 2.85 bits per heavy atom. The Morgan fingerprint density at radius 2 is 2.15 bits per heavy atom. The number of hydrogen-bond acceptors (Lipinski definition) is 6. The first-order valence-electron chi connectivity index (χ1n) is 9.53. The highest BCUT2D eigenvalue weighted by Gasteiger charge is 2.33. The fourth-order valence-corrected chi connectivity index (χ4v) is 3.53. The largest absolute Gasteiger partial charge is 0.377 e. The maximum atomic E-state index is 11.4. The number of pyridine rings is 1. The molecular weight excluding hydrogens is 344 g/mol. The van der Waals surface area contributed by atoms with Crippen LogP contribution in [0.5, 0.6) is 0 Å². The minimum atomic E-state index is -0.453. The lowest BCUT2D eigenvalue weighted by Crippen LogP contribution is -2.42. The van der Waals surface area contributed by atoms with Gasteiger partial charge < -0.3 is 16.2 Å². The molecule has 8 nitrogen and oxygen atoms in total. The Hall–Kier alpha value is -2.32. The van der Waals surface area contributed by atoms with Crippen LogP contribution in [0.15, 0.2) is 18.2 Å². The average Bonchev–Trinajstić information content (AvgIpc) is 3.04. The number of nitrogens with two attached hydrogens (primary N) is 2. The van der Waals surface area contributed by atoms with E-state index >= 15 is 0 Å². The molecule has 3 rings (SSSR count). The maximum absolute atomic E-state index is 11.4. The van der Waals surface area contributed by atoms with Gasteiger partial charge in [0.05, 0.1) is 12.5 Å². The minimum Gasteiger partial charge on any atom is -0.377 e. The monoisotopic (exact) mass is 372 g/mol. The van der Waals surface area contributed by atoms with Crippen LogP contribution in [0.4, 0.5) is 0 Å². The van der Waals surface area contributed by atoms with Crippen molar-refractivity contribution < 1.29 is 9.53 Å². The molecule has 2 heterocycles. The van der Waals surface area contributed by atoms with Gasteiger partial charge >= 0.3 is 0 Å². The molecule has 1 saturated carbocycles. The average molecular weight is 372 g/mol. The van der Waals surface area contributed by atoms with E-state index in [1.807, 2.05) is 25.1 Å². The van der Waals surface area contributed by atoms with Gasteiger partial charge in [0.15, 0.2) is 11.6 Å². The highest BCUT2D eigenvalue weighted by molar-refractivity contribution is 5.75. The first kappa shape index (κ1) is 19.4. The van der Waals surface area contributed by atoms with Crippen LogP contribution in [-0.4, -0.2) is 44.4 Å². The molecule has 0 unspecified atom stereocenters. The highest BCUT2D eigenvalue weighted by atomic mass is 16.5. The van der Waals surface area contributed by atoms with Crippen LogP contribution < -0.4 is 11.5 Å². The summed E-state index contributed by atoms with van der Waals surface area (Å²) >= 11 is 0. The lowest BCUT2D eigenvalue weighted by Gasteiger charge is -2.33. The SMILES string of the molecule is CCCO[C@H]1C[C@@H](c2nc(CC(N)=O)nn2-c2cccc(C)n2)CC[C@@H]1N. The first-order valence-corrected chi connectivity index (χ1v) is 9.53. The molecule has 146 valence electrons. The quantitative estimate of drug-likeness (QED) is 0.757. The Labute approximate surface area is 159 Å². The number of aryl methyl sites for hydroxylation is 1. The zero-order valence-corrected chi connectivity index (χ0v) is 16.0. The molecule has 2 aromatic rings. The van der Waals surface area contributed by atoms with E-state index < -0.39 is 5.91 Å². The van der Waals surface area contributed by atoms with Crippen molar-refractivity contribution in [3.63, 3.8) is 0 Å². The molecule has 0 aromatic carbocycles. The number of ether oxygens (including phenoxy) is 1. The molecule has 0 radical (unpaired) electrons. The molecule has 2 aromatic heterocycles. The molecule has 8 heteroatoms. The summed E-state index contributed by atoms with van der Waals surface area (Å²) in [5.41, 5.74) is 12.5. The van der Waals surface area contributed by atoms with Crippen molar-refractivity contribution in [2.75, 3.05) is 6.61 Å². The third-order valence-corrected chi connectivity index (χ3v) is 4.84. The van der Waals surface area contributed by atoms with E-state index in [0.29, 0.717) is 18.2 Å². The van der Waals surface area contributed by atoms with Crippen LogP contribution in [0.25, 0.3) is 5.82 Å². The summed E-state index contributed by atoms with van der Waals surface area (Å²) in [5.74, 6) is 1.59. The second kappa shape index (κ2) is 8.58. The topological polar surface area (TPSA) is 122 Å². The van der Waals surface area contributed by atoms with Gasteiger partial charge in [-0.3, -0.25) is 4.79 Å². The van der Waals surface area contributed by atoms with E-state index in [4.69, 9.17) is 16.2 Å². The molecule has 1 fully saturated rings. The Morgan fingerprint density at radius 1 is 1.33 bits per heavy atom. The lowest BCUT2D eigenvalue weighted by atomic mass is 9.83. The third kappa shape index (κ3) is 4.70. The molecule has 0 aliphatic heterocycles.